The summed E-state index contributed by atoms with van der Waals surface area (Å²) in [6.07, 6.45) is 7.81. The van der Waals surface area contributed by atoms with Crippen LogP contribution in [0.15, 0.2) is 23.2 Å². The van der Waals surface area contributed by atoms with E-state index in [1.165, 1.54) is 14.2 Å². The summed E-state index contributed by atoms with van der Waals surface area (Å²) in [4.78, 5) is 24.2. The molecule has 0 aromatic heterocycles. The fourth-order valence-corrected chi connectivity index (χ4v) is 5.38. The smallest absolute Gasteiger partial charge is 0.376 e. The highest BCUT2D eigenvalue weighted by Crippen LogP contribution is 2.26. The van der Waals surface area contributed by atoms with E-state index in [2.05, 4.69) is 39.3 Å². The summed E-state index contributed by atoms with van der Waals surface area (Å²) in [5.41, 5.74) is 0.924. The Hall–Kier alpha value is -1.39. The van der Waals surface area contributed by atoms with Gasteiger partial charge in [-0.3, -0.25) is 4.79 Å². The molecule has 0 amide bonds. The van der Waals surface area contributed by atoms with Gasteiger partial charge in [-0.2, -0.15) is 0 Å². The van der Waals surface area contributed by atoms with Crippen LogP contribution in [0.1, 0.15) is 44.9 Å². The molecule has 0 spiro atoms. The minimum absolute atomic E-state index is 0.0311. The van der Waals surface area contributed by atoms with Crippen LogP contribution in [0.3, 0.4) is 0 Å². The molecule has 8 heteroatoms. The van der Waals surface area contributed by atoms with Crippen LogP contribution in [0.25, 0.3) is 0 Å². The minimum atomic E-state index is -1.88. The highest BCUT2D eigenvalue weighted by Gasteiger charge is 2.28. The zero-order chi connectivity index (χ0) is 22.9. The molecule has 0 heterocycles. The number of unbranched alkanes of at least 4 members (excludes halogenated alkanes) is 3. The van der Waals surface area contributed by atoms with Crippen LogP contribution < -0.4 is 0 Å². The molecular formula is C22H40O6Si2. The van der Waals surface area contributed by atoms with Crippen molar-refractivity contribution in [3.63, 3.8) is 0 Å². The van der Waals surface area contributed by atoms with Gasteiger partial charge in [-0.05, 0) is 70.2 Å². The standard InChI is InChI=1S/C22H40O6Si2/c1-25-21(22(24)26-2)20(28-30(6,7)8)14-12-10-9-11-13-17-15-18(16-19(17)23)27-29(3,4)5/h15,18H,9-14,16H2,1-8H3. The van der Waals surface area contributed by atoms with Crippen LogP contribution >= 0.6 is 0 Å². The number of methoxy groups -OCH3 is 2. The Bertz CT molecular complexity index is 656. The number of carbonyl (C=O) groups is 2. The third kappa shape index (κ3) is 10.1. The summed E-state index contributed by atoms with van der Waals surface area (Å²) >= 11 is 0. The van der Waals surface area contributed by atoms with E-state index in [4.69, 9.17) is 18.3 Å². The van der Waals surface area contributed by atoms with Crippen molar-refractivity contribution in [2.45, 2.75) is 90.3 Å². The molecule has 0 fully saturated rings. The molecule has 0 saturated heterocycles. The molecule has 0 N–H and O–H groups in total. The fourth-order valence-electron chi connectivity index (χ4n) is 3.38. The summed E-state index contributed by atoms with van der Waals surface area (Å²) in [6, 6.07) is 0. The van der Waals surface area contributed by atoms with Crippen LogP contribution in [0.2, 0.25) is 39.3 Å². The van der Waals surface area contributed by atoms with E-state index in [1.54, 1.807) is 0 Å². The van der Waals surface area contributed by atoms with Gasteiger partial charge in [0, 0.05) is 12.8 Å². The summed E-state index contributed by atoms with van der Waals surface area (Å²) in [5, 5.41) is 0. The number of carbonyl (C=O) groups excluding carboxylic acids is 2. The average molecular weight is 457 g/mol. The molecule has 1 aliphatic carbocycles. The number of ether oxygens (including phenoxy) is 2. The van der Waals surface area contributed by atoms with Gasteiger partial charge in [0.1, 0.15) is 5.76 Å². The number of ketones is 1. The van der Waals surface area contributed by atoms with Crippen LogP contribution in [-0.2, 0) is 27.9 Å². The molecule has 1 rings (SSSR count). The molecule has 0 aliphatic heterocycles. The number of esters is 1. The Morgan fingerprint density at radius 2 is 1.60 bits per heavy atom. The molecule has 30 heavy (non-hydrogen) atoms. The van der Waals surface area contributed by atoms with Gasteiger partial charge in [0.15, 0.2) is 14.1 Å². The molecule has 172 valence electrons. The number of hydrogen-bond acceptors (Lipinski definition) is 6. The van der Waals surface area contributed by atoms with Crippen LogP contribution in [0, 0.1) is 0 Å². The van der Waals surface area contributed by atoms with Crippen molar-refractivity contribution in [2.24, 2.45) is 0 Å². The molecular weight excluding hydrogens is 416 g/mol. The molecule has 0 bridgehead atoms. The van der Waals surface area contributed by atoms with Gasteiger partial charge >= 0.3 is 5.97 Å². The lowest BCUT2D eigenvalue weighted by Crippen LogP contribution is -2.30. The van der Waals surface area contributed by atoms with Crippen molar-refractivity contribution >= 4 is 28.4 Å². The van der Waals surface area contributed by atoms with Gasteiger partial charge in [-0.1, -0.05) is 12.8 Å². The van der Waals surface area contributed by atoms with E-state index < -0.39 is 22.6 Å². The van der Waals surface area contributed by atoms with Gasteiger partial charge in [-0.25, -0.2) is 4.79 Å². The Morgan fingerprint density at radius 3 is 2.13 bits per heavy atom. The van der Waals surface area contributed by atoms with E-state index in [0.717, 1.165) is 37.7 Å². The lowest BCUT2D eigenvalue weighted by Gasteiger charge is -2.23. The first-order valence-electron chi connectivity index (χ1n) is 10.8. The van der Waals surface area contributed by atoms with Gasteiger partial charge in [0.05, 0.1) is 20.3 Å². The maximum Gasteiger partial charge on any atom is 0.376 e. The van der Waals surface area contributed by atoms with E-state index in [-0.39, 0.29) is 17.6 Å². The summed E-state index contributed by atoms with van der Waals surface area (Å²) in [6.45, 7) is 12.7. The van der Waals surface area contributed by atoms with Crippen LogP contribution in [0.5, 0.6) is 0 Å². The average Bonchev–Trinajstić information content (AvgIpc) is 2.94. The molecule has 0 radical (unpaired) electrons. The number of rotatable bonds is 13. The van der Waals surface area contributed by atoms with Crippen molar-refractivity contribution in [1.29, 1.82) is 0 Å². The van der Waals surface area contributed by atoms with Gasteiger partial charge in [0.2, 0.25) is 14.1 Å². The summed E-state index contributed by atoms with van der Waals surface area (Å²) < 4.78 is 22.2. The zero-order valence-corrected chi connectivity index (χ0v) is 22.1. The molecule has 1 unspecified atom stereocenters. The molecule has 0 aromatic carbocycles. The lowest BCUT2D eigenvalue weighted by atomic mass is 10.0. The first-order valence-corrected chi connectivity index (χ1v) is 17.6. The lowest BCUT2D eigenvalue weighted by molar-refractivity contribution is -0.140. The van der Waals surface area contributed by atoms with Crippen molar-refractivity contribution in [1.82, 2.24) is 0 Å². The van der Waals surface area contributed by atoms with Gasteiger partial charge in [-0.15, -0.1) is 0 Å². The molecule has 1 aliphatic rings. The number of Topliss-reactive ketones (excluding diaryl/α,β-unsaturated/α-hetero) is 1. The van der Waals surface area contributed by atoms with E-state index in [1.807, 2.05) is 6.08 Å². The maximum absolute atomic E-state index is 12.2. The van der Waals surface area contributed by atoms with Crippen molar-refractivity contribution in [2.75, 3.05) is 14.2 Å². The largest absolute Gasteiger partial charge is 0.544 e. The zero-order valence-electron chi connectivity index (χ0n) is 20.1. The molecule has 0 aromatic rings. The van der Waals surface area contributed by atoms with Crippen molar-refractivity contribution in [3.05, 3.63) is 23.2 Å². The highest BCUT2D eigenvalue weighted by atomic mass is 28.4. The molecule has 6 nitrogen and oxygen atoms in total. The van der Waals surface area contributed by atoms with E-state index >= 15 is 0 Å². The van der Waals surface area contributed by atoms with E-state index in [0.29, 0.717) is 18.6 Å². The first kappa shape index (κ1) is 26.6. The third-order valence-electron chi connectivity index (χ3n) is 4.49. The third-order valence-corrected chi connectivity index (χ3v) is 6.36. The Kier molecular flexibility index (Phi) is 10.5. The predicted octanol–water partition coefficient (Wildman–Crippen LogP) is 5.33. The minimum Gasteiger partial charge on any atom is -0.544 e. The monoisotopic (exact) mass is 456 g/mol. The second kappa shape index (κ2) is 11.9. The first-order chi connectivity index (χ1) is 13.9. The normalized spacial score (nSPS) is 18.1. The summed E-state index contributed by atoms with van der Waals surface area (Å²) in [5.74, 6) is 0.473. The number of allylic oxidation sites excluding steroid dienone is 2. The highest BCUT2D eigenvalue weighted by molar-refractivity contribution is 6.70. The van der Waals surface area contributed by atoms with Crippen molar-refractivity contribution in [3.8, 4) is 0 Å². The van der Waals surface area contributed by atoms with Gasteiger partial charge < -0.3 is 18.3 Å². The van der Waals surface area contributed by atoms with Crippen LogP contribution in [-0.4, -0.2) is 48.7 Å². The Morgan fingerprint density at radius 1 is 0.967 bits per heavy atom. The SMILES string of the molecule is COC(=O)C(OC)=C(CCCCCCC1=CC(O[Si](C)(C)C)CC1=O)O[Si](C)(C)C. The van der Waals surface area contributed by atoms with Crippen molar-refractivity contribution < 1.29 is 27.9 Å². The Balaban J connectivity index is 2.50. The second-order valence-electron chi connectivity index (χ2n) is 9.66. The maximum atomic E-state index is 12.2. The van der Waals surface area contributed by atoms with Gasteiger partial charge in [0.25, 0.3) is 0 Å². The molecule has 0 saturated carbocycles. The number of hydrogen-bond donors (Lipinski definition) is 0. The topological polar surface area (TPSA) is 71.1 Å². The summed E-state index contributed by atoms with van der Waals surface area (Å²) in [7, 11) is -0.715. The predicted molar refractivity (Wildman–Crippen MR) is 124 cm³/mol. The Labute approximate surface area is 184 Å². The quantitative estimate of drug-likeness (QED) is 0.123. The second-order valence-corrected chi connectivity index (χ2v) is 18.6. The molecule has 1 atom stereocenters. The van der Waals surface area contributed by atoms with Crippen LogP contribution in [0.4, 0.5) is 0 Å². The van der Waals surface area contributed by atoms with E-state index in [9.17, 15) is 9.59 Å². The fraction of sp³-hybridized carbons (Fsp3) is 0.727.